The standard InChI is InChI=1S/C14H11N3O3S/c18-9-4-5-10(11(19)7-9)12(20)8-21-14-16-15-13-3-1-2-6-17(13)14/h1-7,18-19H,8H2. The molecule has 0 amide bonds. The van der Waals surface area contributed by atoms with Crippen LogP contribution in [0.1, 0.15) is 10.4 Å². The predicted molar refractivity (Wildman–Crippen MR) is 77.8 cm³/mol. The molecule has 0 fully saturated rings. The molecule has 3 aromatic rings. The number of hydrogen-bond acceptors (Lipinski definition) is 6. The average molecular weight is 301 g/mol. The Morgan fingerprint density at radius 3 is 2.86 bits per heavy atom. The first kappa shape index (κ1) is 13.4. The third kappa shape index (κ3) is 2.68. The van der Waals surface area contributed by atoms with Crippen molar-refractivity contribution in [2.75, 3.05) is 5.75 Å². The van der Waals surface area contributed by atoms with E-state index in [1.807, 2.05) is 24.4 Å². The predicted octanol–water partition coefficient (Wildman–Crippen LogP) is 2.12. The van der Waals surface area contributed by atoms with Gasteiger partial charge in [-0.1, -0.05) is 17.8 Å². The fourth-order valence-electron chi connectivity index (χ4n) is 1.88. The van der Waals surface area contributed by atoms with Crippen molar-refractivity contribution in [3.63, 3.8) is 0 Å². The lowest BCUT2D eigenvalue weighted by atomic mass is 10.1. The van der Waals surface area contributed by atoms with Crippen molar-refractivity contribution >= 4 is 23.2 Å². The molecule has 6 nitrogen and oxygen atoms in total. The molecule has 106 valence electrons. The van der Waals surface area contributed by atoms with Gasteiger partial charge in [0.1, 0.15) is 11.5 Å². The van der Waals surface area contributed by atoms with E-state index >= 15 is 0 Å². The van der Waals surface area contributed by atoms with Crippen LogP contribution in [0.3, 0.4) is 0 Å². The van der Waals surface area contributed by atoms with Crippen molar-refractivity contribution in [1.82, 2.24) is 14.6 Å². The molecule has 7 heteroatoms. The Labute approximate surface area is 124 Å². The molecule has 0 radical (unpaired) electrons. The Morgan fingerprint density at radius 1 is 1.19 bits per heavy atom. The van der Waals surface area contributed by atoms with Crippen molar-refractivity contribution < 1.29 is 15.0 Å². The van der Waals surface area contributed by atoms with Gasteiger partial charge in [-0.2, -0.15) is 0 Å². The minimum Gasteiger partial charge on any atom is -0.508 e. The number of aromatic hydroxyl groups is 2. The zero-order chi connectivity index (χ0) is 14.8. The first-order valence-corrected chi connectivity index (χ1v) is 7.11. The van der Waals surface area contributed by atoms with E-state index in [1.165, 1.54) is 23.9 Å². The molecule has 1 aromatic carbocycles. The Kier molecular flexibility index (Phi) is 3.49. The molecule has 0 atom stereocenters. The summed E-state index contributed by atoms with van der Waals surface area (Å²) in [6.07, 6.45) is 1.82. The van der Waals surface area contributed by atoms with Crippen LogP contribution in [-0.2, 0) is 0 Å². The molecule has 0 saturated heterocycles. The van der Waals surface area contributed by atoms with E-state index in [-0.39, 0.29) is 28.6 Å². The first-order chi connectivity index (χ1) is 10.1. The molecule has 0 aliphatic rings. The lowest BCUT2D eigenvalue weighted by Gasteiger charge is -2.03. The summed E-state index contributed by atoms with van der Waals surface area (Å²) in [5.41, 5.74) is 0.883. The highest BCUT2D eigenvalue weighted by Gasteiger charge is 2.14. The third-order valence-corrected chi connectivity index (χ3v) is 3.84. The van der Waals surface area contributed by atoms with Crippen LogP contribution >= 0.6 is 11.8 Å². The van der Waals surface area contributed by atoms with Gasteiger partial charge < -0.3 is 10.2 Å². The fraction of sp³-hybridized carbons (Fsp3) is 0.0714. The molecule has 21 heavy (non-hydrogen) atoms. The van der Waals surface area contributed by atoms with E-state index in [1.54, 1.807) is 4.40 Å². The second-order valence-corrected chi connectivity index (χ2v) is 5.27. The number of hydrogen-bond donors (Lipinski definition) is 2. The molecular formula is C14H11N3O3S. The number of nitrogens with zero attached hydrogens (tertiary/aromatic N) is 3. The fourth-order valence-corrected chi connectivity index (χ4v) is 2.69. The number of benzene rings is 1. The van der Waals surface area contributed by atoms with Gasteiger partial charge in [0.2, 0.25) is 0 Å². The molecule has 0 spiro atoms. The first-order valence-electron chi connectivity index (χ1n) is 6.13. The van der Waals surface area contributed by atoms with Gasteiger partial charge in [-0.25, -0.2) is 0 Å². The Balaban J connectivity index is 1.77. The quantitative estimate of drug-likeness (QED) is 0.567. The third-order valence-electron chi connectivity index (χ3n) is 2.90. The monoisotopic (exact) mass is 301 g/mol. The minimum absolute atomic E-state index is 0.0832. The summed E-state index contributed by atoms with van der Waals surface area (Å²) in [5.74, 6) is -0.439. The van der Waals surface area contributed by atoms with Gasteiger partial charge in [0, 0.05) is 12.3 Å². The number of Topliss-reactive ketones (excluding diaryl/α,β-unsaturated/α-hetero) is 1. The molecule has 2 aromatic heterocycles. The van der Waals surface area contributed by atoms with Crippen molar-refractivity contribution in [1.29, 1.82) is 0 Å². The van der Waals surface area contributed by atoms with Crippen molar-refractivity contribution in [3.05, 3.63) is 48.2 Å². The maximum Gasteiger partial charge on any atom is 0.196 e. The smallest absolute Gasteiger partial charge is 0.196 e. The molecule has 0 aliphatic carbocycles. The second-order valence-electron chi connectivity index (χ2n) is 4.32. The van der Waals surface area contributed by atoms with E-state index in [0.717, 1.165) is 6.07 Å². The van der Waals surface area contributed by atoms with Gasteiger partial charge in [-0.3, -0.25) is 9.20 Å². The lowest BCUT2D eigenvalue weighted by Crippen LogP contribution is -2.03. The second kappa shape index (κ2) is 5.45. The van der Waals surface area contributed by atoms with Gasteiger partial charge >= 0.3 is 0 Å². The maximum atomic E-state index is 12.1. The summed E-state index contributed by atoms with van der Waals surface area (Å²) in [4.78, 5) is 12.1. The van der Waals surface area contributed by atoms with Gasteiger partial charge in [-0.15, -0.1) is 10.2 Å². The number of phenolic OH excluding ortho intramolecular Hbond substituents is 2. The highest BCUT2D eigenvalue weighted by Crippen LogP contribution is 2.25. The number of thioether (sulfide) groups is 1. The van der Waals surface area contributed by atoms with Crippen molar-refractivity contribution in [2.24, 2.45) is 0 Å². The number of rotatable bonds is 4. The van der Waals surface area contributed by atoms with Gasteiger partial charge in [-0.05, 0) is 24.3 Å². The lowest BCUT2D eigenvalue weighted by molar-refractivity contribution is 0.102. The van der Waals surface area contributed by atoms with E-state index in [4.69, 9.17) is 0 Å². The molecule has 0 aliphatic heterocycles. The number of pyridine rings is 1. The summed E-state index contributed by atoms with van der Waals surface area (Å²) in [6.45, 7) is 0. The Bertz CT molecular complexity index is 816. The van der Waals surface area contributed by atoms with Crippen LogP contribution in [0.4, 0.5) is 0 Å². The van der Waals surface area contributed by atoms with Gasteiger partial charge in [0.05, 0.1) is 11.3 Å². The topological polar surface area (TPSA) is 87.7 Å². The van der Waals surface area contributed by atoms with E-state index in [9.17, 15) is 15.0 Å². The summed E-state index contributed by atoms with van der Waals surface area (Å²) in [5, 5.41) is 27.5. The van der Waals surface area contributed by atoms with E-state index < -0.39 is 0 Å². The zero-order valence-corrected chi connectivity index (χ0v) is 11.6. The van der Waals surface area contributed by atoms with Crippen LogP contribution < -0.4 is 0 Å². The molecule has 0 unspecified atom stereocenters. The van der Waals surface area contributed by atoms with Crippen LogP contribution in [0.5, 0.6) is 11.5 Å². The molecule has 2 N–H and O–H groups in total. The number of carbonyl (C=O) groups is 1. The van der Waals surface area contributed by atoms with E-state index in [0.29, 0.717) is 10.8 Å². The highest BCUT2D eigenvalue weighted by atomic mass is 32.2. The van der Waals surface area contributed by atoms with Gasteiger partial charge in [0.15, 0.2) is 16.6 Å². The Morgan fingerprint density at radius 2 is 2.05 bits per heavy atom. The molecule has 0 bridgehead atoms. The van der Waals surface area contributed by atoms with Crippen LogP contribution in [-0.4, -0.2) is 36.3 Å². The van der Waals surface area contributed by atoms with Crippen LogP contribution in [0.25, 0.3) is 5.65 Å². The maximum absolute atomic E-state index is 12.1. The molecular weight excluding hydrogens is 290 g/mol. The minimum atomic E-state index is -0.245. The van der Waals surface area contributed by atoms with Crippen molar-refractivity contribution in [3.8, 4) is 11.5 Å². The van der Waals surface area contributed by atoms with Crippen molar-refractivity contribution in [2.45, 2.75) is 5.16 Å². The molecule has 0 saturated carbocycles. The number of phenols is 2. The SMILES string of the molecule is O=C(CSc1nnc2ccccn12)c1ccc(O)cc1O. The molecule has 2 heterocycles. The van der Waals surface area contributed by atoms with E-state index in [2.05, 4.69) is 10.2 Å². The average Bonchev–Trinajstić information content (AvgIpc) is 2.88. The summed E-state index contributed by atoms with van der Waals surface area (Å²) < 4.78 is 1.79. The number of aromatic nitrogens is 3. The summed E-state index contributed by atoms with van der Waals surface area (Å²) >= 11 is 1.24. The summed E-state index contributed by atoms with van der Waals surface area (Å²) in [6, 6.07) is 9.45. The number of carbonyl (C=O) groups excluding carboxylic acids is 1. The zero-order valence-electron chi connectivity index (χ0n) is 10.8. The van der Waals surface area contributed by atoms with Crippen LogP contribution in [0.15, 0.2) is 47.8 Å². The highest BCUT2D eigenvalue weighted by molar-refractivity contribution is 7.99. The summed E-state index contributed by atoms with van der Waals surface area (Å²) in [7, 11) is 0. The van der Waals surface area contributed by atoms with Gasteiger partial charge in [0.25, 0.3) is 0 Å². The number of ketones is 1. The normalized spacial score (nSPS) is 10.9. The molecule has 3 rings (SSSR count). The largest absolute Gasteiger partial charge is 0.508 e. The Hall–Kier alpha value is -2.54. The van der Waals surface area contributed by atoms with Crippen LogP contribution in [0.2, 0.25) is 0 Å². The number of fused-ring (bicyclic) bond motifs is 1. The van der Waals surface area contributed by atoms with Crippen LogP contribution in [0, 0.1) is 0 Å².